The van der Waals surface area contributed by atoms with Crippen LogP contribution in [0.15, 0.2) is 0 Å². The summed E-state index contributed by atoms with van der Waals surface area (Å²) in [6, 6.07) is 0. The van der Waals surface area contributed by atoms with E-state index in [1.165, 1.54) is 4.90 Å². The van der Waals surface area contributed by atoms with E-state index in [2.05, 4.69) is 13.8 Å². The molecule has 0 heterocycles. The predicted octanol–water partition coefficient (Wildman–Crippen LogP) is 1.02. The summed E-state index contributed by atoms with van der Waals surface area (Å²) in [5.74, 6) is 0.0525. The minimum absolute atomic E-state index is 0.124. The summed E-state index contributed by atoms with van der Waals surface area (Å²) in [4.78, 5) is 24.6. The van der Waals surface area contributed by atoms with E-state index in [-0.39, 0.29) is 24.2 Å². The normalized spacial score (nSPS) is 14.2. The summed E-state index contributed by atoms with van der Waals surface area (Å²) in [5.41, 5.74) is 5.63. The fourth-order valence-corrected chi connectivity index (χ4v) is 1.82. The Morgan fingerprint density at radius 2 is 1.78 bits per heavy atom. The Kier molecular flexibility index (Phi) is 7.59. The van der Waals surface area contributed by atoms with Crippen molar-refractivity contribution in [3.8, 4) is 0 Å². The molecule has 0 aliphatic carbocycles. The molecule has 0 aliphatic rings. The Balaban J connectivity index is 4.20. The van der Waals surface area contributed by atoms with E-state index in [0.29, 0.717) is 12.5 Å². The van der Waals surface area contributed by atoms with Gasteiger partial charge in [-0.05, 0) is 31.7 Å². The van der Waals surface area contributed by atoms with Crippen molar-refractivity contribution in [3.05, 3.63) is 0 Å². The topological polar surface area (TPSA) is 72.6 Å². The van der Waals surface area contributed by atoms with Crippen LogP contribution in [0.25, 0.3) is 0 Å². The Morgan fingerprint density at radius 3 is 2.17 bits per heavy atom. The molecule has 2 atom stereocenters. The smallest absolute Gasteiger partial charge is 0.306 e. The Labute approximate surface area is 110 Å². The summed E-state index contributed by atoms with van der Waals surface area (Å²) in [6.07, 6.45) is 0.436. The summed E-state index contributed by atoms with van der Waals surface area (Å²) in [5, 5.41) is 0. The van der Waals surface area contributed by atoms with E-state index >= 15 is 0 Å². The third kappa shape index (κ3) is 6.59. The molecule has 5 heteroatoms. The van der Waals surface area contributed by atoms with E-state index < -0.39 is 6.10 Å². The first-order valence-electron chi connectivity index (χ1n) is 6.38. The fraction of sp³-hybridized carbons (Fsp3) is 0.846. The average Bonchev–Trinajstić information content (AvgIpc) is 2.25. The van der Waals surface area contributed by atoms with Gasteiger partial charge in [-0.2, -0.15) is 0 Å². The average molecular weight is 258 g/mol. The zero-order valence-electron chi connectivity index (χ0n) is 12.1. The van der Waals surface area contributed by atoms with Crippen molar-refractivity contribution in [2.75, 3.05) is 20.6 Å². The van der Waals surface area contributed by atoms with E-state index in [1.54, 1.807) is 21.0 Å². The number of hydrogen-bond acceptors (Lipinski definition) is 4. The van der Waals surface area contributed by atoms with Gasteiger partial charge in [-0.1, -0.05) is 13.8 Å². The molecular formula is C13H26N2O3. The maximum atomic E-state index is 11.7. The molecule has 0 bridgehead atoms. The zero-order chi connectivity index (χ0) is 14.3. The number of rotatable bonds is 7. The van der Waals surface area contributed by atoms with Crippen LogP contribution in [0.5, 0.6) is 0 Å². The second-order valence-corrected chi connectivity index (χ2v) is 5.30. The van der Waals surface area contributed by atoms with Gasteiger partial charge in [-0.25, -0.2) is 0 Å². The minimum Gasteiger partial charge on any atom is -0.453 e. The van der Waals surface area contributed by atoms with Crippen LogP contribution in [0, 0.1) is 11.8 Å². The lowest BCUT2D eigenvalue weighted by Crippen LogP contribution is -2.35. The quantitative estimate of drug-likeness (QED) is 0.692. The third-order valence-corrected chi connectivity index (χ3v) is 2.69. The molecule has 0 rings (SSSR count). The van der Waals surface area contributed by atoms with Gasteiger partial charge in [0.2, 0.25) is 0 Å². The molecule has 0 saturated carbocycles. The highest BCUT2D eigenvalue weighted by molar-refractivity contribution is 5.83. The molecule has 0 aliphatic heterocycles. The van der Waals surface area contributed by atoms with Crippen LogP contribution >= 0.6 is 0 Å². The van der Waals surface area contributed by atoms with Gasteiger partial charge in [0.05, 0.1) is 0 Å². The van der Waals surface area contributed by atoms with Crippen LogP contribution in [0.4, 0.5) is 0 Å². The van der Waals surface area contributed by atoms with Gasteiger partial charge in [0.1, 0.15) is 0 Å². The van der Waals surface area contributed by atoms with Crippen molar-refractivity contribution in [3.63, 3.8) is 0 Å². The van der Waals surface area contributed by atoms with Crippen LogP contribution in [-0.4, -0.2) is 43.5 Å². The molecule has 18 heavy (non-hydrogen) atoms. The number of carbonyl (C=O) groups excluding carboxylic acids is 2. The molecule has 1 amide bonds. The molecule has 0 saturated heterocycles. The molecule has 5 nitrogen and oxygen atoms in total. The number of likely N-dealkylation sites (N-methyl/N-ethyl adjacent to an activating group) is 1. The molecule has 0 radical (unpaired) electrons. The maximum Gasteiger partial charge on any atom is 0.306 e. The number of ether oxygens (including phenoxy) is 1. The van der Waals surface area contributed by atoms with E-state index in [9.17, 15) is 9.59 Å². The number of carbonyl (C=O) groups is 2. The SMILES string of the molecule is CC(C)C[C@H](CN)CC(=O)O[C@@H](C)C(=O)N(C)C. The highest BCUT2D eigenvalue weighted by Gasteiger charge is 2.21. The molecule has 0 unspecified atom stereocenters. The molecule has 0 aromatic heterocycles. The summed E-state index contributed by atoms with van der Waals surface area (Å²) in [7, 11) is 3.27. The van der Waals surface area contributed by atoms with Crippen molar-refractivity contribution in [2.45, 2.75) is 39.7 Å². The molecule has 2 N–H and O–H groups in total. The fourth-order valence-electron chi connectivity index (χ4n) is 1.82. The van der Waals surface area contributed by atoms with Crippen LogP contribution in [0.2, 0.25) is 0 Å². The summed E-state index contributed by atoms with van der Waals surface area (Å²) < 4.78 is 5.10. The van der Waals surface area contributed by atoms with Crippen LogP contribution in [-0.2, 0) is 14.3 Å². The van der Waals surface area contributed by atoms with Crippen molar-refractivity contribution in [1.29, 1.82) is 0 Å². The zero-order valence-corrected chi connectivity index (χ0v) is 12.1. The van der Waals surface area contributed by atoms with Gasteiger partial charge in [-0.15, -0.1) is 0 Å². The highest BCUT2D eigenvalue weighted by Crippen LogP contribution is 2.15. The first-order chi connectivity index (χ1) is 8.27. The van der Waals surface area contributed by atoms with Gasteiger partial charge in [0.25, 0.3) is 5.91 Å². The van der Waals surface area contributed by atoms with E-state index in [0.717, 1.165) is 6.42 Å². The standard InChI is InChI=1S/C13H26N2O3/c1-9(2)6-11(8-14)7-12(16)18-10(3)13(17)15(4)5/h9-11H,6-8,14H2,1-5H3/t10-,11-/m0/s1. The second-order valence-electron chi connectivity index (χ2n) is 5.30. The van der Waals surface area contributed by atoms with Gasteiger partial charge < -0.3 is 15.4 Å². The number of nitrogens with two attached hydrogens (primary N) is 1. The van der Waals surface area contributed by atoms with Crippen molar-refractivity contribution < 1.29 is 14.3 Å². The Bertz CT molecular complexity index is 277. The van der Waals surface area contributed by atoms with E-state index in [4.69, 9.17) is 10.5 Å². The Hall–Kier alpha value is -1.10. The number of amides is 1. The first-order valence-corrected chi connectivity index (χ1v) is 6.38. The maximum absolute atomic E-state index is 11.7. The second kappa shape index (κ2) is 8.08. The van der Waals surface area contributed by atoms with Crippen molar-refractivity contribution in [1.82, 2.24) is 4.90 Å². The van der Waals surface area contributed by atoms with Crippen molar-refractivity contribution >= 4 is 11.9 Å². The molecule has 0 spiro atoms. The molecular weight excluding hydrogens is 232 g/mol. The minimum atomic E-state index is -0.732. The third-order valence-electron chi connectivity index (χ3n) is 2.69. The van der Waals surface area contributed by atoms with Gasteiger partial charge in [0, 0.05) is 20.5 Å². The lowest BCUT2D eigenvalue weighted by Gasteiger charge is -2.20. The Morgan fingerprint density at radius 1 is 1.22 bits per heavy atom. The monoisotopic (exact) mass is 258 g/mol. The summed E-state index contributed by atoms with van der Waals surface area (Å²) in [6.45, 7) is 6.22. The number of nitrogens with zero attached hydrogens (tertiary/aromatic N) is 1. The van der Waals surface area contributed by atoms with Crippen LogP contribution in [0.1, 0.15) is 33.6 Å². The predicted molar refractivity (Wildman–Crippen MR) is 70.9 cm³/mol. The van der Waals surface area contributed by atoms with Crippen LogP contribution in [0.3, 0.4) is 0 Å². The van der Waals surface area contributed by atoms with Gasteiger partial charge in [0.15, 0.2) is 6.10 Å². The van der Waals surface area contributed by atoms with Gasteiger partial charge >= 0.3 is 5.97 Å². The first kappa shape index (κ1) is 16.9. The molecule has 106 valence electrons. The lowest BCUT2D eigenvalue weighted by atomic mass is 9.94. The van der Waals surface area contributed by atoms with E-state index in [1.807, 2.05) is 0 Å². The van der Waals surface area contributed by atoms with Crippen molar-refractivity contribution in [2.24, 2.45) is 17.6 Å². The van der Waals surface area contributed by atoms with Crippen LogP contribution < -0.4 is 5.73 Å². The summed E-state index contributed by atoms with van der Waals surface area (Å²) >= 11 is 0. The largest absolute Gasteiger partial charge is 0.453 e. The number of hydrogen-bond donors (Lipinski definition) is 1. The molecule has 0 aromatic rings. The highest BCUT2D eigenvalue weighted by atomic mass is 16.5. The van der Waals surface area contributed by atoms with Gasteiger partial charge in [-0.3, -0.25) is 9.59 Å². The molecule has 0 aromatic carbocycles. The number of esters is 1. The lowest BCUT2D eigenvalue weighted by molar-refractivity contribution is -0.158. The molecule has 0 fully saturated rings.